The van der Waals surface area contributed by atoms with Crippen LogP contribution in [0.25, 0.3) is 5.69 Å². The van der Waals surface area contributed by atoms with Crippen molar-refractivity contribution in [1.82, 2.24) is 19.7 Å². The number of β-amino-alcohol motifs (C(OH)–C–C–N with tert-alkyl or cyclic N) is 1. The van der Waals surface area contributed by atoms with Gasteiger partial charge in [0, 0.05) is 12.2 Å². The van der Waals surface area contributed by atoms with Crippen LogP contribution < -0.4 is 5.32 Å². The van der Waals surface area contributed by atoms with Crippen LogP contribution in [0.3, 0.4) is 0 Å². The summed E-state index contributed by atoms with van der Waals surface area (Å²) in [7, 11) is 1.27. The topological polar surface area (TPSA) is 110 Å². The molecule has 1 amide bonds. The molecule has 0 atom stereocenters. The lowest BCUT2D eigenvalue weighted by Gasteiger charge is -2.16. The number of aromatic nitrogens is 3. The number of benzene rings is 1. The zero-order chi connectivity index (χ0) is 18.7. The molecule has 136 valence electrons. The summed E-state index contributed by atoms with van der Waals surface area (Å²) in [5, 5.41) is 19.8. The van der Waals surface area contributed by atoms with Gasteiger partial charge < -0.3 is 20.1 Å². The van der Waals surface area contributed by atoms with Crippen LogP contribution in [0.2, 0.25) is 0 Å². The van der Waals surface area contributed by atoms with E-state index in [2.05, 4.69) is 15.5 Å². The molecule has 3 rings (SSSR count). The molecule has 2 N–H and O–H groups in total. The molecule has 0 saturated heterocycles. The van der Waals surface area contributed by atoms with E-state index in [9.17, 15) is 9.59 Å². The van der Waals surface area contributed by atoms with E-state index in [1.807, 2.05) is 25.1 Å². The number of aliphatic hydroxyl groups is 1. The number of nitrogens with one attached hydrogen (secondary N) is 1. The van der Waals surface area contributed by atoms with Crippen LogP contribution in [0.15, 0.2) is 42.1 Å². The molecule has 1 aromatic heterocycles. The van der Waals surface area contributed by atoms with E-state index in [1.165, 1.54) is 12.0 Å². The molecule has 1 aromatic carbocycles. The number of hydrogen-bond acceptors (Lipinski definition) is 7. The number of rotatable bonds is 6. The lowest BCUT2D eigenvalue weighted by atomic mass is 10.1. The van der Waals surface area contributed by atoms with Gasteiger partial charge in [-0.3, -0.25) is 9.36 Å². The van der Waals surface area contributed by atoms with E-state index >= 15 is 0 Å². The quantitative estimate of drug-likeness (QED) is 0.713. The fraction of sp³-hybridized carbons (Fsp3) is 0.294. The molecule has 1 aliphatic heterocycles. The predicted molar refractivity (Wildman–Crippen MR) is 92.4 cm³/mol. The van der Waals surface area contributed by atoms with Gasteiger partial charge in [-0.1, -0.05) is 6.07 Å². The monoisotopic (exact) mass is 357 g/mol. The summed E-state index contributed by atoms with van der Waals surface area (Å²) in [6.07, 6.45) is 3.13. The Morgan fingerprint density at radius 2 is 2.08 bits per heavy atom. The smallest absolute Gasteiger partial charge is 0.337 e. The number of methoxy groups -OCH3 is 1. The zero-order valence-corrected chi connectivity index (χ0v) is 14.5. The van der Waals surface area contributed by atoms with Gasteiger partial charge in [-0.25, -0.2) is 4.79 Å². The molecule has 26 heavy (non-hydrogen) atoms. The molecule has 2 heterocycles. The second-order valence-electron chi connectivity index (χ2n) is 5.79. The fourth-order valence-electron chi connectivity index (χ4n) is 2.72. The molecule has 9 nitrogen and oxygen atoms in total. The number of anilines is 1. The maximum absolute atomic E-state index is 12.6. The first-order valence-corrected chi connectivity index (χ1v) is 7.99. The van der Waals surface area contributed by atoms with Crippen molar-refractivity contribution in [2.75, 3.05) is 32.1 Å². The van der Waals surface area contributed by atoms with Gasteiger partial charge >= 0.3 is 5.97 Å². The summed E-state index contributed by atoms with van der Waals surface area (Å²) >= 11 is 0. The van der Waals surface area contributed by atoms with Crippen molar-refractivity contribution in [1.29, 1.82) is 0 Å². The van der Waals surface area contributed by atoms with Crippen LogP contribution >= 0.6 is 0 Å². The Hall–Kier alpha value is -3.20. The van der Waals surface area contributed by atoms with E-state index in [1.54, 1.807) is 17.2 Å². The highest BCUT2D eigenvalue weighted by molar-refractivity contribution is 6.08. The highest BCUT2D eigenvalue weighted by atomic mass is 16.5. The average Bonchev–Trinajstić information content (AvgIpc) is 3.27. The van der Waals surface area contributed by atoms with E-state index in [-0.39, 0.29) is 36.9 Å². The maximum atomic E-state index is 12.6. The summed E-state index contributed by atoms with van der Waals surface area (Å²) in [5.74, 6) is -0.928. The highest BCUT2D eigenvalue weighted by Crippen LogP contribution is 2.26. The van der Waals surface area contributed by atoms with Gasteiger partial charge in [0.1, 0.15) is 18.4 Å². The van der Waals surface area contributed by atoms with Gasteiger partial charge in [0.2, 0.25) is 0 Å². The predicted octanol–water partition coefficient (Wildman–Crippen LogP) is 0.249. The second kappa shape index (κ2) is 7.36. The number of amides is 1. The molecule has 2 aromatic rings. The minimum Gasteiger partial charge on any atom is -0.466 e. The Labute approximate surface area is 149 Å². The third-order valence-electron chi connectivity index (χ3n) is 4.15. The molecule has 9 heteroatoms. The molecular formula is C17H19N5O4. The lowest BCUT2D eigenvalue weighted by Crippen LogP contribution is -2.31. The number of aryl methyl sites for hydroxylation is 1. The molecule has 0 unspecified atom stereocenters. The first-order valence-electron chi connectivity index (χ1n) is 7.99. The summed E-state index contributed by atoms with van der Waals surface area (Å²) in [6, 6.07) is 5.62. The van der Waals surface area contributed by atoms with Crippen LogP contribution in [0, 0.1) is 6.92 Å². The van der Waals surface area contributed by atoms with Crippen LogP contribution in [-0.4, -0.2) is 63.5 Å². The molecular weight excluding hydrogens is 338 g/mol. The van der Waals surface area contributed by atoms with Crippen molar-refractivity contribution in [3.63, 3.8) is 0 Å². The number of ether oxygens (including phenoxy) is 1. The third-order valence-corrected chi connectivity index (χ3v) is 4.15. The van der Waals surface area contributed by atoms with Gasteiger partial charge in [-0.2, -0.15) is 0 Å². The van der Waals surface area contributed by atoms with Gasteiger partial charge in [-0.05, 0) is 24.6 Å². The average molecular weight is 357 g/mol. The van der Waals surface area contributed by atoms with E-state index in [4.69, 9.17) is 9.84 Å². The normalized spacial score (nSPS) is 14.1. The molecule has 0 saturated carbocycles. The van der Waals surface area contributed by atoms with E-state index in [0.29, 0.717) is 5.69 Å². The molecule has 0 spiro atoms. The summed E-state index contributed by atoms with van der Waals surface area (Å²) in [5.41, 5.74) is 2.77. The Balaban J connectivity index is 1.96. The number of hydrogen-bond donors (Lipinski definition) is 2. The molecule has 1 aliphatic rings. The molecule has 0 aliphatic carbocycles. The van der Waals surface area contributed by atoms with Crippen LogP contribution in [0.4, 0.5) is 5.69 Å². The number of carbonyl (C=O) groups excluding carboxylic acids is 2. The van der Waals surface area contributed by atoms with Gasteiger partial charge in [0.05, 0.1) is 31.5 Å². The minimum atomic E-state index is -0.575. The van der Waals surface area contributed by atoms with Crippen molar-refractivity contribution in [2.24, 2.45) is 0 Å². The second-order valence-corrected chi connectivity index (χ2v) is 5.79. The maximum Gasteiger partial charge on any atom is 0.337 e. The minimum absolute atomic E-state index is 0.0958. The first kappa shape index (κ1) is 17.6. The first-order chi connectivity index (χ1) is 12.5. The van der Waals surface area contributed by atoms with Crippen molar-refractivity contribution < 1.29 is 19.4 Å². The highest BCUT2D eigenvalue weighted by Gasteiger charge is 2.34. The zero-order valence-electron chi connectivity index (χ0n) is 14.5. The van der Waals surface area contributed by atoms with Crippen molar-refractivity contribution in [2.45, 2.75) is 6.92 Å². The summed E-state index contributed by atoms with van der Waals surface area (Å²) in [6.45, 7) is 1.94. The summed E-state index contributed by atoms with van der Waals surface area (Å²) < 4.78 is 6.52. The van der Waals surface area contributed by atoms with Crippen LogP contribution in [0.1, 0.15) is 5.56 Å². The molecule has 0 fully saturated rings. The Bertz CT molecular complexity index is 860. The van der Waals surface area contributed by atoms with Crippen LogP contribution in [-0.2, 0) is 14.3 Å². The Morgan fingerprint density at radius 1 is 1.35 bits per heavy atom. The number of nitrogens with zero attached hydrogens (tertiary/aromatic N) is 4. The third kappa shape index (κ3) is 3.29. The van der Waals surface area contributed by atoms with Gasteiger partial charge in [0.15, 0.2) is 0 Å². The number of aliphatic hydroxyl groups excluding tert-OH is 1. The number of esters is 1. The largest absolute Gasteiger partial charge is 0.466 e. The fourth-order valence-corrected chi connectivity index (χ4v) is 2.72. The van der Waals surface area contributed by atoms with E-state index in [0.717, 1.165) is 11.3 Å². The van der Waals surface area contributed by atoms with Crippen molar-refractivity contribution in [3.05, 3.63) is 47.7 Å². The van der Waals surface area contributed by atoms with E-state index < -0.39 is 5.97 Å². The summed E-state index contributed by atoms with van der Waals surface area (Å²) in [4.78, 5) is 26.1. The molecule has 0 bridgehead atoms. The van der Waals surface area contributed by atoms with Gasteiger partial charge in [0.25, 0.3) is 5.91 Å². The van der Waals surface area contributed by atoms with Crippen LogP contribution in [0.5, 0.6) is 0 Å². The number of carbonyl (C=O) groups is 2. The Kier molecular flexibility index (Phi) is 4.99. The molecule has 0 radical (unpaired) electrons. The standard InChI is InChI=1S/C17H19N5O4/c1-11-3-4-12(22-9-18-19-10-22)7-14(11)20-15-13(17(25)26-2)8-21(5-6-23)16(15)24/h3-4,7,9-10,20,23H,5-6,8H2,1-2H3. The Morgan fingerprint density at radius 3 is 2.73 bits per heavy atom. The SMILES string of the molecule is COC(=O)C1=C(Nc2cc(-n3cnnc3)ccc2C)C(=O)N(CCO)C1. The van der Waals surface area contributed by atoms with Crippen molar-refractivity contribution in [3.8, 4) is 5.69 Å². The van der Waals surface area contributed by atoms with Crippen molar-refractivity contribution >= 4 is 17.6 Å². The van der Waals surface area contributed by atoms with Gasteiger partial charge in [-0.15, -0.1) is 10.2 Å². The lowest BCUT2D eigenvalue weighted by molar-refractivity contribution is -0.136.